The molecule has 16 heavy (non-hydrogen) atoms. The Morgan fingerprint density at radius 1 is 1.38 bits per heavy atom. The van der Waals surface area contributed by atoms with Crippen LogP contribution in [0.15, 0.2) is 0 Å². The molecule has 0 aromatic carbocycles. The molecular formula is C10H22N2O3S. The molecule has 1 heterocycles. The van der Waals surface area contributed by atoms with E-state index in [0.29, 0.717) is 19.5 Å². The maximum atomic E-state index is 11.8. The highest BCUT2D eigenvalue weighted by Gasteiger charge is 2.28. The van der Waals surface area contributed by atoms with Gasteiger partial charge in [0.25, 0.3) is 10.2 Å². The third kappa shape index (κ3) is 4.01. The fourth-order valence-corrected chi connectivity index (χ4v) is 3.31. The maximum absolute atomic E-state index is 11.8. The Morgan fingerprint density at radius 2 is 1.94 bits per heavy atom. The van der Waals surface area contributed by atoms with Crippen molar-refractivity contribution >= 4 is 10.2 Å². The van der Waals surface area contributed by atoms with E-state index in [4.69, 9.17) is 0 Å². The van der Waals surface area contributed by atoms with Crippen LogP contribution >= 0.6 is 0 Å². The molecule has 1 aliphatic rings. The molecule has 1 rings (SSSR count). The Kier molecular flexibility index (Phi) is 4.73. The SMILES string of the molecule is CCCC(C)(O)CNS(=O)(=O)N1CCCC1. The van der Waals surface area contributed by atoms with Gasteiger partial charge in [0.15, 0.2) is 0 Å². The van der Waals surface area contributed by atoms with Crippen molar-refractivity contribution in [1.82, 2.24) is 9.03 Å². The molecule has 0 amide bonds. The standard InChI is InChI=1S/C10H22N2O3S/c1-3-6-10(2,13)9-11-16(14,15)12-7-4-5-8-12/h11,13H,3-9H2,1-2H3. The molecular weight excluding hydrogens is 228 g/mol. The third-order valence-electron chi connectivity index (χ3n) is 2.83. The molecule has 0 spiro atoms. The predicted molar refractivity (Wildman–Crippen MR) is 63.3 cm³/mol. The minimum absolute atomic E-state index is 0.0830. The van der Waals surface area contributed by atoms with E-state index < -0.39 is 15.8 Å². The number of nitrogens with one attached hydrogen (secondary N) is 1. The summed E-state index contributed by atoms with van der Waals surface area (Å²) < 4.78 is 27.5. The predicted octanol–water partition coefficient (Wildman–Crippen LogP) is 0.468. The molecule has 0 aromatic rings. The Hall–Kier alpha value is -0.170. The molecule has 1 atom stereocenters. The molecule has 0 aliphatic carbocycles. The Balaban J connectivity index is 2.47. The number of aliphatic hydroxyl groups is 1. The summed E-state index contributed by atoms with van der Waals surface area (Å²) >= 11 is 0. The minimum atomic E-state index is -3.39. The van der Waals surface area contributed by atoms with Crippen molar-refractivity contribution < 1.29 is 13.5 Å². The van der Waals surface area contributed by atoms with Crippen LogP contribution in [0.2, 0.25) is 0 Å². The lowest BCUT2D eigenvalue weighted by Crippen LogP contribution is -2.46. The van der Waals surface area contributed by atoms with Crippen LogP contribution in [0.3, 0.4) is 0 Å². The summed E-state index contributed by atoms with van der Waals surface area (Å²) in [4.78, 5) is 0. The molecule has 0 aromatic heterocycles. The fraction of sp³-hybridized carbons (Fsp3) is 1.00. The summed E-state index contributed by atoms with van der Waals surface area (Å²) in [7, 11) is -3.39. The first-order chi connectivity index (χ1) is 7.37. The number of nitrogens with zero attached hydrogens (tertiary/aromatic N) is 1. The van der Waals surface area contributed by atoms with Gasteiger partial charge in [-0.15, -0.1) is 0 Å². The molecule has 1 fully saturated rings. The van der Waals surface area contributed by atoms with Crippen molar-refractivity contribution in [2.75, 3.05) is 19.6 Å². The number of rotatable bonds is 6. The van der Waals surface area contributed by atoms with Crippen LogP contribution in [0, 0.1) is 0 Å². The number of hydrogen-bond donors (Lipinski definition) is 2. The van der Waals surface area contributed by atoms with Crippen LogP contribution in [0.1, 0.15) is 39.5 Å². The van der Waals surface area contributed by atoms with Gasteiger partial charge in [-0.3, -0.25) is 0 Å². The average molecular weight is 250 g/mol. The molecule has 5 nitrogen and oxygen atoms in total. The van der Waals surface area contributed by atoms with E-state index in [1.54, 1.807) is 6.92 Å². The van der Waals surface area contributed by atoms with Gasteiger partial charge in [0, 0.05) is 19.6 Å². The van der Waals surface area contributed by atoms with Crippen LogP contribution in [0.25, 0.3) is 0 Å². The van der Waals surface area contributed by atoms with E-state index in [1.165, 1.54) is 4.31 Å². The van der Waals surface area contributed by atoms with E-state index in [1.807, 2.05) is 6.92 Å². The van der Waals surface area contributed by atoms with Gasteiger partial charge in [-0.05, 0) is 26.2 Å². The van der Waals surface area contributed by atoms with Crippen LogP contribution < -0.4 is 4.72 Å². The fourth-order valence-electron chi connectivity index (χ4n) is 1.89. The zero-order valence-electron chi connectivity index (χ0n) is 10.1. The van der Waals surface area contributed by atoms with Crippen LogP contribution in [0.4, 0.5) is 0 Å². The Bertz CT molecular complexity index is 308. The van der Waals surface area contributed by atoms with Gasteiger partial charge in [0.1, 0.15) is 0 Å². The molecule has 0 saturated carbocycles. The highest BCUT2D eigenvalue weighted by molar-refractivity contribution is 7.87. The summed E-state index contributed by atoms with van der Waals surface area (Å²) in [6.45, 7) is 4.88. The monoisotopic (exact) mass is 250 g/mol. The summed E-state index contributed by atoms with van der Waals surface area (Å²) in [6, 6.07) is 0. The van der Waals surface area contributed by atoms with Crippen molar-refractivity contribution in [2.45, 2.75) is 45.1 Å². The molecule has 2 N–H and O–H groups in total. The van der Waals surface area contributed by atoms with Gasteiger partial charge in [0.2, 0.25) is 0 Å². The van der Waals surface area contributed by atoms with Gasteiger partial charge < -0.3 is 5.11 Å². The van der Waals surface area contributed by atoms with Gasteiger partial charge in [0.05, 0.1) is 5.60 Å². The van der Waals surface area contributed by atoms with Crippen LogP contribution in [0.5, 0.6) is 0 Å². The Morgan fingerprint density at radius 3 is 2.44 bits per heavy atom. The van der Waals surface area contributed by atoms with E-state index in [-0.39, 0.29) is 6.54 Å². The van der Waals surface area contributed by atoms with Crippen molar-refractivity contribution in [3.63, 3.8) is 0 Å². The molecule has 0 bridgehead atoms. The van der Waals surface area contributed by atoms with E-state index in [0.717, 1.165) is 19.3 Å². The second kappa shape index (κ2) is 5.44. The zero-order chi connectivity index (χ0) is 12.2. The largest absolute Gasteiger partial charge is 0.389 e. The van der Waals surface area contributed by atoms with Crippen LogP contribution in [-0.4, -0.2) is 43.1 Å². The smallest absolute Gasteiger partial charge is 0.279 e. The first-order valence-electron chi connectivity index (χ1n) is 5.84. The second-order valence-corrected chi connectivity index (χ2v) is 6.43. The molecule has 1 aliphatic heterocycles. The van der Waals surface area contributed by atoms with E-state index in [2.05, 4.69) is 4.72 Å². The number of hydrogen-bond acceptors (Lipinski definition) is 3. The second-order valence-electron chi connectivity index (χ2n) is 4.68. The summed E-state index contributed by atoms with van der Waals surface area (Å²) in [5.41, 5.74) is -0.957. The molecule has 96 valence electrons. The third-order valence-corrected chi connectivity index (χ3v) is 4.38. The van der Waals surface area contributed by atoms with Gasteiger partial charge in [-0.1, -0.05) is 13.3 Å². The first kappa shape index (κ1) is 13.9. The molecule has 6 heteroatoms. The van der Waals surface area contributed by atoms with Crippen molar-refractivity contribution in [2.24, 2.45) is 0 Å². The van der Waals surface area contributed by atoms with Crippen molar-refractivity contribution in [1.29, 1.82) is 0 Å². The quantitative estimate of drug-likeness (QED) is 0.720. The van der Waals surface area contributed by atoms with Gasteiger partial charge in [-0.2, -0.15) is 17.4 Å². The van der Waals surface area contributed by atoms with Crippen molar-refractivity contribution in [3.8, 4) is 0 Å². The lowest BCUT2D eigenvalue weighted by atomic mass is 10.0. The van der Waals surface area contributed by atoms with Crippen molar-refractivity contribution in [3.05, 3.63) is 0 Å². The molecule has 0 radical (unpaired) electrons. The zero-order valence-corrected chi connectivity index (χ0v) is 10.9. The maximum Gasteiger partial charge on any atom is 0.279 e. The van der Waals surface area contributed by atoms with E-state index >= 15 is 0 Å². The van der Waals surface area contributed by atoms with E-state index in [9.17, 15) is 13.5 Å². The normalized spacial score (nSPS) is 22.2. The van der Waals surface area contributed by atoms with Crippen LogP contribution in [-0.2, 0) is 10.2 Å². The van der Waals surface area contributed by atoms with Gasteiger partial charge in [-0.25, -0.2) is 0 Å². The minimum Gasteiger partial charge on any atom is -0.389 e. The lowest BCUT2D eigenvalue weighted by molar-refractivity contribution is 0.0551. The average Bonchev–Trinajstić information content (AvgIpc) is 2.68. The Labute approximate surface area is 98.0 Å². The summed E-state index contributed by atoms with van der Waals surface area (Å²) in [6.07, 6.45) is 3.27. The summed E-state index contributed by atoms with van der Waals surface area (Å²) in [5, 5.41) is 9.88. The van der Waals surface area contributed by atoms with Gasteiger partial charge >= 0.3 is 0 Å². The summed E-state index contributed by atoms with van der Waals surface area (Å²) in [5.74, 6) is 0. The topological polar surface area (TPSA) is 69.6 Å². The highest BCUT2D eigenvalue weighted by Crippen LogP contribution is 2.14. The molecule has 1 unspecified atom stereocenters. The highest BCUT2D eigenvalue weighted by atomic mass is 32.2. The molecule has 1 saturated heterocycles. The lowest BCUT2D eigenvalue weighted by Gasteiger charge is -2.24. The first-order valence-corrected chi connectivity index (χ1v) is 7.28.